The number of benzene rings is 1. The van der Waals surface area contributed by atoms with Crippen LogP contribution in [-0.4, -0.2) is 28.2 Å². The van der Waals surface area contributed by atoms with Crippen molar-refractivity contribution < 1.29 is 19.0 Å². The minimum Gasteiger partial charge on any atom is -0.505 e. The number of hydrogen-bond donors (Lipinski definition) is 1. The fraction of sp³-hybridized carbons (Fsp3) is 0.118. The molecule has 0 saturated heterocycles. The molecule has 0 fully saturated rings. The molecule has 3 rings (SSSR count). The molecule has 2 aromatic heterocycles. The third kappa shape index (κ3) is 3.11. The largest absolute Gasteiger partial charge is 0.505 e. The highest BCUT2D eigenvalue weighted by molar-refractivity contribution is 5.92. The number of phenols is 1. The lowest BCUT2D eigenvalue weighted by molar-refractivity contribution is -0.128. The number of rotatable bonds is 5. The Kier molecular flexibility index (Phi) is 4.14. The van der Waals surface area contributed by atoms with Gasteiger partial charge in [0.05, 0.1) is 12.1 Å². The van der Waals surface area contributed by atoms with Crippen LogP contribution in [0.4, 0.5) is 4.39 Å². The highest BCUT2D eigenvalue weighted by atomic mass is 19.1. The van der Waals surface area contributed by atoms with E-state index in [4.69, 9.17) is 0 Å². The highest BCUT2D eigenvalue weighted by Gasteiger charge is 2.10. The summed E-state index contributed by atoms with van der Waals surface area (Å²) in [4.78, 5) is 18.9. The number of hydrogen-bond acceptors (Lipinski definition) is 5. The third-order valence-electron chi connectivity index (χ3n) is 3.46. The van der Waals surface area contributed by atoms with Gasteiger partial charge < -0.3 is 9.84 Å². The van der Waals surface area contributed by atoms with Gasteiger partial charge in [-0.15, -0.1) is 0 Å². The maximum absolute atomic E-state index is 13.6. The molecule has 0 atom stereocenters. The van der Waals surface area contributed by atoms with Crippen LogP contribution >= 0.6 is 0 Å². The number of carbonyl (C=O) groups is 1. The molecule has 116 valence electrons. The molecule has 1 aromatic carbocycles. The van der Waals surface area contributed by atoms with Crippen LogP contribution < -0.4 is 0 Å². The van der Waals surface area contributed by atoms with E-state index >= 15 is 0 Å². The first-order valence-electron chi connectivity index (χ1n) is 6.97. The Morgan fingerprint density at radius 2 is 2.09 bits per heavy atom. The van der Waals surface area contributed by atoms with Gasteiger partial charge in [0.15, 0.2) is 11.6 Å². The molecule has 0 aliphatic carbocycles. The van der Waals surface area contributed by atoms with Crippen LogP contribution in [0.25, 0.3) is 22.0 Å². The Bertz CT molecular complexity index is 868. The van der Waals surface area contributed by atoms with Gasteiger partial charge in [-0.3, -0.25) is 14.8 Å². The molecule has 1 N–H and O–H groups in total. The zero-order valence-corrected chi connectivity index (χ0v) is 12.1. The lowest BCUT2D eigenvalue weighted by Crippen LogP contribution is -1.99. The van der Waals surface area contributed by atoms with Crippen LogP contribution in [0, 0.1) is 5.82 Å². The lowest BCUT2D eigenvalue weighted by atomic mass is 10.0. The summed E-state index contributed by atoms with van der Waals surface area (Å²) < 4.78 is 18.3. The Labute approximate surface area is 131 Å². The quantitative estimate of drug-likeness (QED) is 0.579. The second-order valence-electron chi connectivity index (χ2n) is 4.94. The number of halogens is 1. The predicted octanol–water partition coefficient (Wildman–Crippen LogP) is 2.86. The van der Waals surface area contributed by atoms with Crippen molar-refractivity contribution in [2.75, 3.05) is 6.61 Å². The van der Waals surface area contributed by atoms with E-state index in [0.29, 0.717) is 29.5 Å². The topological polar surface area (TPSA) is 72.3 Å². The number of aromatic nitrogens is 2. The summed E-state index contributed by atoms with van der Waals surface area (Å²) in [6.45, 7) is 0.645. The van der Waals surface area contributed by atoms with Gasteiger partial charge in [0.2, 0.25) is 0 Å². The summed E-state index contributed by atoms with van der Waals surface area (Å²) in [6.07, 6.45) is 3.77. The number of phenolic OH excluding ortho intramolecular Hbond substituents is 1. The van der Waals surface area contributed by atoms with E-state index in [9.17, 15) is 14.3 Å². The number of aromatic hydroxyl groups is 1. The number of ether oxygens (including phenoxy) is 1. The van der Waals surface area contributed by atoms with Gasteiger partial charge in [-0.25, -0.2) is 4.39 Å². The highest BCUT2D eigenvalue weighted by Crippen LogP contribution is 2.29. The van der Waals surface area contributed by atoms with Gasteiger partial charge in [0.25, 0.3) is 6.47 Å². The number of carbonyl (C=O) groups excluding carboxylic acids is 1. The summed E-state index contributed by atoms with van der Waals surface area (Å²) >= 11 is 0. The maximum Gasteiger partial charge on any atom is 0.293 e. The van der Waals surface area contributed by atoms with E-state index in [-0.39, 0.29) is 6.61 Å². The standard InChI is InChI=1S/C17H13FN2O3/c18-15-7-11(2-4-16(15)22)14-9-19-8-12-1-3-13(20-17(12)14)5-6-23-10-21/h1-4,7-10,22H,5-6H2. The minimum absolute atomic E-state index is 0.246. The van der Waals surface area contributed by atoms with Crippen molar-refractivity contribution in [2.24, 2.45) is 0 Å². The molecule has 0 bridgehead atoms. The van der Waals surface area contributed by atoms with Gasteiger partial charge in [-0.1, -0.05) is 6.07 Å². The van der Waals surface area contributed by atoms with Crippen molar-refractivity contribution >= 4 is 17.4 Å². The molecule has 2 heterocycles. The summed E-state index contributed by atoms with van der Waals surface area (Å²) in [5.74, 6) is -1.10. The van der Waals surface area contributed by atoms with E-state index in [1.165, 1.54) is 12.1 Å². The molecule has 23 heavy (non-hydrogen) atoms. The summed E-state index contributed by atoms with van der Waals surface area (Å²) in [5.41, 5.74) is 2.67. The Balaban J connectivity index is 2.06. The van der Waals surface area contributed by atoms with Gasteiger partial charge in [0.1, 0.15) is 0 Å². The van der Waals surface area contributed by atoms with Crippen molar-refractivity contribution in [3.8, 4) is 16.9 Å². The van der Waals surface area contributed by atoms with Crippen LogP contribution in [-0.2, 0) is 16.0 Å². The molecule has 0 radical (unpaired) electrons. The molecule has 3 aromatic rings. The van der Waals surface area contributed by atoms with Gasteiger partial charge in [-0.2, -0.15) is 0 Å². The average Bonchev–Trinajstić information content (AvgIpc) is 2.57. The molecular weight excluding hydrogens is 299 g/mol. The van der Waals surface area contributed by atoms with Crippen LogP contribution in [0.3, 0.4) is 0 Å². The maximum atomic E-state index is 13.6. The van der Waals surface area contributed by atoms with Crippen molar-refractivity contribution in [3.63, 3.8) is 0 Å². The molecule has 6 heteroatoms. The van der Waals surface area contributed by atoms with Crippen LogP contribution in [0.1, 0.15) is 5.69 Å². The second kappa shape index (κ2) is 6.39. The van der Waals surface area contributed by atoms with Gasteiger partial charge >= 0.3 is 0 Å². The van der Waals surface area contributed by atoms with Crippen molar-refractivity contribution in [3.05, 3.63) is 54.2 Å². The number of nitrogens with zero attached hydrogens (tertiary/aromatic N) is 2. The van der Waals surface area contributed by atoms with E-state index in [0.717, 1.165) is 11.1 Å². The molecule has 0 aliphatic rings. The Morgan fingerprint density at radius 3 is 2.87 bits per heavy atom. The number of pyridine rings is 2. The monoisotopic (exact) mass is 312 g/mol. The number of fused-ring (bicyclic) bond motifs is 1. The average molecular weight is 312 g/mol. The molecule has 5 nitrogen and oxygen atoms in total. The van der Waals surface area contributed by atoms with Crippen LogP contribution in [0.15, 0.2) is 42.7 Å². The predicted molar refractivity (Wildman–Crippen MR) is 82.3 cm³/mol. The molecule has 0 saturated carbocycles. The van der Waals surface area contributed by atoms with Crippen molar-refractivity contribution in [1.82, 2.24) is 9.97 Å². The van der Waals surface area contributed by atoms with Gasteiger partial charge in [-0.05, 0) is 29.8 Å². The fourth-order valence-electron chi connectivity index (χ4n) is 2.32. The van der Waals surface area contributed by atoms with Crippen molar-refractivity contribution in [1.29, 1.82) is 0 Å². The SMILES string of the molecule is O=COCCc1ccc2cncc(-c3ccc(O)c(F)c3)c2n1. The minimum atomic E-state index is -0.699. The van der Waals surface area contributed by atoms with Crippen molar-refractivity contribution in [2.45, 2.75) is 6.42 Å². The molecule has 0 aliphatic heterocycles. The zero-order valence-electron chi connectivity index (χ0n) is 12.1. The van der Waals surface area contributed by atoms with E-state index in [2.05, 4.69) is 14.7 Å². The first-order chi connectivity index (χ1) is 11.2. The molecular formula is C17H13FN2O3. The zero-order chi connectivity index (χ0) is 16.2. The van der Waals surface area contributed by atoms with E-state index in [1.807, 2.05) is 12.1 Å². The molecule has 0 amide bonds. The summed E-state index contributed by atoms with van der Waals surface area (Å²) in [7, 11) is 0. The van der Waals surface area contributed by atoms with E-state index in [1.54, 1.807) is 18.5 Å². The normalized spacial score (nSPS) is 10.7. The smallest absolute Gasteiger partial charge is 0.293 e. The first kappa shape index (κ1) is 14.9. The lowest BCUT2D eigenvalue weighted by Gasteiger charge is -2.08. The Hall–Kier alpha value is -3.02. The van der Waals surface area contributed by atoms with Gasteiger partial charge in [0, 0.05) is 35.5 Å². The summed E-state index contributed by atoms with van der Waals surface area (Å²) in [6, 6.07) is 7.85. The van der Waals surface area contributed by atoms with E-state index < -0.39 is 11.6 Å². The third-order valence-corrected chi connectivity index (χ3v) is 3.46. The molecule has 0 unspecified atom stereocenters. The Morgan fingerprint density at radius 1 is 1.22 bits per heavy atom. The summed E-state index contributed by atoms with van der Waals surface area (Å²) in [5, 5.41) is 10.1. The first-order valence-corrected chi connectivity index (χ1v) is 6.97. The molecule has 0 spiro atoms. The second-order valence-corrected chi connectivity index (χ2v) is 4.94. The fourth-order valence-corrected chi connectivity index (χ4v) is 2.32. The van der Waals surface area contributed by atoms with Crippen LogP contribution in [0.2, 0.25) is 0 Å². The van der Waals surface area contributed by atoms with Crippen LogP contribution in [0.5, 0.6) is 5.75 Å².